The smallest absolute Gasteiger partial charge is 0.122 e. The van der Waals surface area contributed by atoms with Gasteiger partial charge in [-0.15, -0.1) is 0 Å². The van der Waals surface area contributed by atoms with Crippen LogP contribution in [-0.2, 0) is 6.42 Å². The van der Waals surface area contributed by atoms with Crippen molar-refractivity contribution in [2.24, 2.45) is 0 Å². The molecular formula is C10H11BrO. The average molecular weight is 227 g/mol. The molecule has 64 valence electrons. The lowest BCUT2D eigenvalue weighted by Crippen LogP contribution is -2.23. The minimum atomic E-state index is 0.361. The number of fused-ring (bicyclic) bond motifs is 1. The van der Waals surface area contributed by atoms with Gasteiger partial charge in [-0.1, -0.05) is 34.1 Å². The van der Waals surface area contributed by atoms with Crippen LogP contribution in [0, 0.1) is 0 Å². The molecule has 0 radical (unpaired) electrons. The van der Waals surface area contributed by atoms with Crippen molar-refractivity contribution in [3.63, 3.8) is 0 Å². The van der Waals surface area contributed by atoms with Crippen LogP contribution >= 0.6 is 15.9 Å². The normalized spacial score (nSPS) is 21.2. The van der Waals surface area contributed by atoms with Gasteiger partial charge in [-0.3, -0.25) is 0 Å². The van der Waals surface area contributed by atoms with E-state index in [9.17, 15) is 0 Å². The fourth-order valence-electron chi connectivity index (χ4n) is 1.49. The van der Waals surface area contributed by atoms with Gasteiger partial charge in [-0.25, -0.2) is 0 Å². The summed E-state index contributed by atoms with van der Waals surface area (Å²) in [6.07, 6.45) is 2.63. The van der Waals surface area contributed by atoms with Crippen LogP contribution < -0.4 is 4.74 Å². The maximum Gasteiger partial charge on any atom is 0.122 e. The number of rotatable bonds is 1. The SMILES string of the molecule is BrC[C@H]1CCc2ccccc2O1. The molecule has 1 atom stereocenters. The molecule has 0 N–H and O–H groups in total. The van der Waals surface area contributed by atoms with Crippen molar-refractivity contribution >= 4 is 15.9 Å². The largest absolute Gasteiger partial charge is 0.489 e. The maximum atomic E-state index is 5.73. The van der Waals surface area contributed by atoms with E-state index in [1.807, 2.05) is 12.1 Å². The zero-order valence-electron chi connectivity index (χ0n) is 6.79. The van der Waals surface area contributed by atoms with Crippen molar-refractivity contribution in [2.75, 3.05) is 5.33 Å². The Balaban J connectivity index is 2.23. The third-order valence-corrected chi connectivity index (χ3v) is 2.90. The Labute approximate surface area is 80.9 Å². The molecule has 0 fully saturated rings. The fraction of sp³-hybridized carbons (Fsp3) is 0.400. The summed E-state index contributed by atoms with van der Waals surface area (Å²) in [6, 6.07) is 8.27. The molecular weight excluding hydrogens is 216 g/mol. The zero-order valence-corrected chi connectivity index (χ0v) is 8.38. The first-order valence-electron chi connectivity index (χ1n) is 4.20. The van der Waals surface area contributed by atoms with Crippen LogP contribution in [0.15, 0.2) is 24.3 Å². The molecule has 0 spiro atoms. The van der Waals surface area contributed by atoms with E-state index in [4.69, 9.17) is 4.74 Å². The summed E-state index contributed by atoms with van der Waals surface area (Å²) in [5.41, 5.74) is 1.34. The maximum absolute atomic E-state index is 5.73. The van der Waals surface area contributed by atoms with Crippen molar-refractivity contribution < 1.29 is 4.74 Å². The highest BCUT2D eigenvalue weighted by molar-refractivity contribution is 9.09. The number of ether oxygens (including phenoxy) is 1. The number of halogens is 1. The Morgan fingerprint density at radius 3 is 3.08 bits per heavy atom. The van der Waals surface area contributed by atoms with E-state index in [1.165, 1.54) is 5.56 Å². The van der Waals surface area contributed by atoms with Gasteiger partial charge < -0.3 is 4.74 Å². The molecule has 1 aliphatic heterocycles. The van der Waals surface area contributed by atoms with E-state index < -0.39 is 0 Å². The number of alkyl halides is 1. The first kappa shape index (κ1) is 8.11. The number of hydrogen-bond acceptors (Lipinski definition) is 1. The van der Waals surface area contributed by atoms with Crippen LogP contribution in [0.3, 0.4) is 0 Å². The second kappa shape index (κ2) is 3.48. The highest BCUT2D eigenvalue weighted by atomic mass is 79.9. The van der Waals surface area contributed by atoms with E-state index >= 15 is 0 Å². The average Bonchev–Trinajstić information content (AvgIpc) is 2.17. The lowest BCUT2D eigenvalue weighted by Gasteiger charge is -2.24. The summed E-state index contributed by atoms with van der Waals surface area (Å²) in [5, 5.41) is 0.932. The Kier molecular flexibility index (Phi) is 2.35. The number of benzene rings is 1. The van der Waals surface area contributed by atoms with Crippen molar-refractivity contribution in [1.29, 1.82) is 0 Å². The molecule has 0 unspecified atom stereocenters. The van der Waals surface area contributed by atoms with Crippen molar-refractivity contribution in [2.45, 2.75) is 18.9 Å². The summed E-state index contributed by atoms with van der Waals surface area (Å²) in [5.74, 6) is 1.06. The highest BCUT2D eigenvalue weighted by Crippen LogP contribution is 2.27. The van der Waals surface area contributed by atoms with Gasteiger partial charge in [-0.05, 0) is 24.5 Å². The minimum Gasteiger partial charge on any atom is -0.489 e. The van der Waals surface area contributed by atoms with Gasteiger partial charge in [0.2, 0.25) is 0 Å². The van der Waals surface area contributed by atoms with Crippen molar-refractivity contribution in [1.82, 2.24) is 0 Å². The lowest BCUT2D eigenvalue weighted by atomic mass is 10.0. The highest BCUT2D eigenvalue weighted by Gasteiger charge is 2.17. The summed E-state index contributed by atoms with van der Waals surface area (Å²) >= 11 is 3.44. The molecule has 1 aromatic rings. The summed E-state index contributed by atoms with van der Waals surface area (Å²) < 4.78 is 5.73. The topological polar surface area (TPSA) is 9.23 Å². The third-order valence-electron chi connectivity index (χ3n) is 2.17. The predicted octanol–water partition coefficient (Wildman–Crippen LogP) is 2.78. The van der Waals surface area contributed by atoms with E-state index in [0.717, 1.165) is 23.9 Å². The summed E-state index contributed by atoms with van der Waals surface area (Å²) in [4.78, 5) is 0. The van der Waals surface area contributed by atoms with Crippen molar-refractivity contribution in [3.05, 3.63) is 29.8 Å². The first-order chi connectivity index (χ1) is 5.90. The second-order valence-corrected chi connectivity index (χ2v) is 3.69. The Hall–Kier alpha value is -0.500. The molecule has 2 heteroatoms. The first-order valence-corrected chi connectivity index (χ1v) is 5.33. The molecule has 0 bridgehead atoms. The molecule has 0 amide bonds. The fourth-order valence-corrected chi connectivity index (χ4v) is 1.94. The number of hydrogen-bond donors (Lipinski definition) is 0. The van der Waals surface area contributed by atoms with E-state index in [2.05, 4.69) is 28.1 Å². The molecule has 1 nitrogen and oxygen atoms in total. The van der Waals surface area contributed by atoms with Gasteiger partial charge in [0.15, 0.2) is 0 Å². The van der Waals surface area contributed by atoms with Gasteiger partial charge in [-0.2, -0.15) is 0 Å². The van der Waals surface area contributed by atoms with E-state index in [-0.39, 0.29) is 0 Å². The third kappa shape index (κ3) is 1.48. The second-order valence-electron chi connectivity index (χ2n) is 3.04. The van der Waals surface area contributed by atoms with Gasteiger partial charge in [0, 0.05) is 5.33 Å². The quantitative estimate of drug-likeness (QED) is 0.670. The van der Waals surface area contributed by atoms with Gasteiger partial charge in [0.1, 0.15) is 11.9 Å². The zero-order chi connectivity index (χ0) is 8.39. The Bertz CT molecular complexity index is 272. The van der Waals surface area contributed by atoms with Crippen LogP contribution in [0.5, 0.6) is 5.75 Å². The number of aryl methyl sites for hydroxylation is 1. The predicted molar refractivity (Wildman–Crippen MR) is 53.0 cm³/mol. The summed E-state index contributed by atoms with van der Waals surface area (Å²) in [6.45, 7) is 0. The standard InChI is InChI=1S/C10H11BrO/c11-7-9-6-5-8-3-1-2-4-10(8)12-9/h1-4,9H,5-7H2/t9-/m1/s1. The Morgan fingerprint density at radius 1 is 1.42 bits per heavy atom. The molecule has 0 aliphatic carbocycles. The van der Waals surface area contributed by atoms with E-state index in [0.29, 0.717) is 6.10 Å². The minimum absolute atomic E-state index is 0.361. The molecule has 12 heavy (non-hydrogen) atoms. The molecule has 0 aromatic heterocycles. The van der Waals surface area contributed by atoms with E-state index in [1.54, 1.807) is 0 Å². The van der Waals surface area contributed by atoms with Gasteiger partial charge in [0.25, 0.3) is 0 Å². The molecule has 1 aromatic carbocycles. The van der Waals surface area contributed by atoms with Crippen molar-refractivity contribution in [3.8, 4) is 5.75 Å². The monoisotopic (exact) mass is 226 g/mol. The molecule has 0 saturated carbocycles. The summed E-state index contributed by atoms with van der Waals surface area (Å²) in [7, 11) is 0. The van der Waals surface area contributed by atoms with Crippen LogP contribution in [0.4, 0.5) is 0 Å². The molecule has 0 saturated heterocycles. The van der Waals surface area contributed by atoms with Crippen LogP contribution in [0.25, 0.3) is 0 Å². The Morgan fingerprint density at radius 2 is 2.25 bits per heavy atom. The van der Waals surface area contributed by atoms with Crippen LogP contribution in [0.2, 0.25) is 0 Å². The number of para-hydroxylation sites is 1. The van der Waals surface area contributed by atoms with Crippen LogP contribution in [-0.4, -0.2) is 11.4 Å². The molecule has 1 heterocycles. The van der Waals surface area contributed by atoms with Gasteiger partial charge >= 0.3 is 0 Å². The molecule has 2 rings (SSSR count). The molecule has 1 aliphatic rings. The van der Waals surface area contributed by atoms with Gasteiger partial charge in [0.05, 0.1) is 0 Å². The van der Waals surface area contributed by atoms with Crippen LogP contribution in [0.1, 0.15) is 12.0 Å². The lowest BCUT2D eigenvalue weighted by molar-refractivity contribution is 0.198.